The van der Waals surface area contributed by atoms with Crippen molar-refractivity contribution in [3.63, 3.8) is 0 Å². The maximum absolute atomic E-state index is 5.39. The molecule has 0 saturated carbocycles. The highest BCUT2D eigenvalue weighted by molar-refractivity contribution is 5.81. The highest BCUT2D eigenvalue weighted by atomic mass is 16.5. The summed E-state index contributed by atoms with van der Waals surface area (Å²) in [7, 11) is 0. The normalized spacial score (nSPS) is 11.4. The van der Waals surface area contributed by atoms with Gasteiger partial charge in [0, 0.05) is 0 Å². The summed E-state index contributed by atoms with van der Waals surface area (Å²) in [5, 5.41) is 3.32. The van der Waals surface area contributed by atoms with Gasteiger partial charge in [0.15, 0.2) is 5.84 Å². The summed E-state index contributed by atoms with van der Waals surface area (Å²) in [4.78, 5) is 0. The van der Waals surface area contributed by atoms with E-state index in [9.17, 15) is 0 Å². The van der Waals surface area contributed by atoms with Gasteiger partial charge in [-0.25, -0.2) is 0 Å². The Morgan fingerprint density at radius 3 is 2.93 bits per heavy atom. The second-order valence-electron chi connectivity index (χ2n) is 2.91. The Bertz CT molecular complexity index is 323. The van der Waals surface area contributed by atoms with E-state index >= 15 is 0 Å². The van der Waals surface area contributed by atoms with Crippen LogP contribution >= 0.6 is 0 Å². The monoisotopic (exact) mass is 193 g/mol. The molecule has 0 aromatic heterocycles. The third-order valence-corrected chi connectivity index (χ3v) is 1.86. The predicted molar refractivity (Wildman–Crippen MR) is 57.1 cm³/mol. The van der Waals surface area contributed by atoms with Crippen LogP contribution in [0.2, 0.25) is 0 Å². The van der Waals surface area contributed by atoms with Crippen molar-refractivity contribution in [3.8, 4) is 5.75 Å². The van der Waals surface area contributed by atoms with Crippen molar-refractivity contribution in [1.82, 2.24) is 0 Å². The number of nitrogens with two attached hydrogens (primary N) is 2. The molecule has 1 rings (SSSR count). The molecule has 4 heteroatoms. The van der Waals surface area contributed by atoms with Crippen molar-refractivity contribution >= 4 is 5.84 Å². The van der Waals surface area contributed by atoms with Crippen molar-refractivity contribution in [3.05, 3.63) is 29.8 Å². The van der Waals surface area contributed by atoms with E-state index in [0.717, 1.165) is 12.2 Å². The number of hydrogen-bond acceptors (Lipinski definition) is 3. The van der Waals surface area contributed by atoms with E-state index in [-0.39, 0.29) is 12.4 Å². The van der Waals surface area contributed by atoms with Gasteiger partial charge in [0.1, 0.15) is 12.4 Å². The summed E-state index contributed by atoms with van der Waals surface area (Å²) in [5.41, 5.74) is 6.62. The van der Waals surface area contributed by atoms with Crippen LogP contribution in [0.25, 0.3) is 0 Å². The van der Waals surface area contributed by atoms with Gasteiger partial charge in [-0.1, -0.05) is 19.1 Å². The molecule has 76 valence electrons. The number of ether oxygens (including phenoxy) is 1. The molecule has 1 aromatic rings. The van der Waals surface area contributed by atoms with Crippen molar-refractivity contribution in [2.24, 2.45) is 16.7 Å². The minimum atomic E-state index is 0.226. The lowest BCUT2D eigenvalue weighted by atomic mass is 10.2. The molecule has 0 heterocycles. The summed E-state index contributed by atoms with van der Waals surface area (Å²) in [6, 6.07) is 7.85. The van der Waals surface area contributed by atoms with E-state index in [1.165, 1.54) is 5.56 Å². The molecule has 0 atom stereocenters. The highest BCUT2D eigenvalue weighted by Gasteiger charge is 1.96. The van der Waals surface area contributed by atoms with Gasteiger partial charge in [-0.2, -0.15) is 5.10 Å². The van der Waals surface area contributed by atoms with Gasteiger partial charge in [-0.15, -0.1) is 0 Å². The second-order valence-corrected chi connectivity index (χ2v) is 2.91. The van der Waals surface area contributed by atoms with Crippen LogP contribution in [0.5, 0.6) is 5.75 Å². The number of benzene rings is 1. The van der Waals surface area contributed by atoms with Gasteiger partial charge in [-0.3, -0.25) is 0 Å². The topological polar surface area (TPSA) is 73.6 Å². The first-order valence-corrected chi connectivity index (χ1v) is 4.50. The molecule has 4 nitrogen and oxygen atoms in total. The van der Waals surface area contributed by atoms with Crippen LogP contribution in [0.4, 0.5) is 0 Å². The van der Waals surface area contributed by atoms with Crippen LogP contribution in [0.1, 0.15) is 12.5 Å². The molecule has 0 bridgehead atoms. The van der Waals surface area contributed by atoms with Crippen LogP contribution < -0.4 is 16.3 Å². The van der Waals surface area contributed by atoms with E-state index in [4.69, 9.17) is 16.3 Å². The smallest absolute Gasteiger partial charge is 0.157 e. The van der Waals surface area contributed by atoms with Crippen LogP contribution in [0.15, 0.2) is 29.4 Å². The molecule has 0 spiro atoms. The van der Waals surface area contributed by atoms with Crippen molar-refractivity contribution < 1.29 is 4.74 Å². The van der Waals surface area contributed by atoms with E-state index < -0.39 is 0 Å². The van der Waals surface area contributed by atoms with Crippen LogP contribution in [-0.4, -0.2) is 12.4 Å². The molecule has 1 aromatic carbocycles. The van der Waals surface area contributed by atoms with Crippen molar-refractivity contribution in [1.29, 1.82) is 0 Å². The van der Waals surface area contributed by atoms with Gasteiger partial charge in [-0.05, 0) is 24.1 Å². The lowest BCUT2D eigenvalue weighted by Gasteiger charge is -2.06. The molecule has 0 saturated heterocycles. The van der Waals surface area contributed by atoms with E-state index in [1.807, 2.05) is 24.3 Å². The molecule has 0 aliphatic rings. The van der Waals surface area contributed by atoms with Crippen LogP contribution in [0.3, 0.4) is 0 Å². The largest absolute Gasteiger partial charge is 0.486 e. The number of amidine groups is 1. The van der Waals surface area contributed by atoms with Gasteiger partial charge in [0.05, 0.1) is 0 Å². The number of rotatable bonds is 4. The van der Waals surface area contributed by atoms with Gasteiger partial charge >= 0.3 is 0 Å². The van der Waals surface area contributed by atoms with E-state index in [1.54, 1.807) is 0 Å². The second kappa shape index (κ2) is 5.11. The zero-order valence-electron chi connectivity index (χ0n) is 8.23. The Balaban J connectivity index is 2.58. The molecular weight excluding hydrogens is 178 g/mol. The number of hydrogen-bond donors (Lipinski definition) is 2. The van der Waals surface area contributed by atoms with Crippen LogP contribution in [-0.2, 0) is 6.42 Å². The summed E-state index contributed by atoms with van der Waals surface area (Å²) >= 11 is 0. The summed E-state index contributed by atoms with van der Waals surface area (Å²) in [6.07, 6.45) is 0.984. The fourth-order valence-electron chi connectivity index (χ4n) is 1.05. The summed E-state index contributed by atoms with van der Waals surface area (Å²) in [5.74, 6) is 6.05. The zero-order valence-corrected chi connectivity index (χ0v) is 8.23. The predicted octanol–water partition coefficient (Wildman–Crippen LogP) is 0.859. The zero-order chi connectivity index (χ0) is 10.4. The van der Waals surface area contributed by atoms with Gasteiger partial charge in [0.25, 0.3) is 0 Å². The Labute approximate surface area is 83.5 Å². The minimum Gasteiger partial charge on any atom is -0.486 e. The first-order chi connectivity index (χ1) is 6.76. The lowest BCUT2D eigenvalue weighted by molar-refractivity contribution is 0.374. The Morgan fingerprint density at radius 2 is 2.29 bits per heavy atom. The molecule has 4 N–H and O–H groups in total. The van der Waals surface area contributed by atoms with E-state index in [2.05, 4.69) is 12.0 Å². The fourth-order valence-corrected chi connectivity index (χ4v) is 1.05. The number of aryl methyl sites for hydroxylation is 1. The Hall–Kier alpha value is -1.71. The third kappa shape index (κ3) is 2.97. The quantitative estimate of drug-likeness (QED) is 0.322. The number of hydrazone groups is 1. The molecular formula is C10H15N3O. The average molecular weight is 193 g/mol. The molecule has 0 fully saturated rings. The average Bonchev–Trinajstić information content (AvgIpc) is 2.26. The van der Waals surface area contributed by atoms with Crippen molar-refractivity contribution in [2.75, 3.05) is 6.61 Å². The maximum atomic E-state index is 5.39. The highest BCUT2D eigenvalue weighted by Crippen LogP contribution is 2.13. The van der Waals surface area contributed by atoms with Gasteiger partial charge in [0.2, 0.25) is 0 Å². The summed E-state index contributed by atoms with van der Waals surface area (Å²) in [6.45, 7) is 2.32. The first kappa shape index (κ1) is 10.4. The SMILES string of the molecule is CCc1cccc(OC/C(N)=N/N)c1. The fraction of sp³-hybridized carbons (Fsp3) is 0.300. The standard InChI is InChI=1S/C10H15N3O/c1-2-8-4-3-5-9(6-8)14-7-10(11)13-12/h3-6H,2,7,12H2,1H3,(H2,11,13). The molecule has 0 unspecified atom stereocenters. The van der Waals surface area contributed by atoms with Crippen LogP contribution in [0, 0.1) is 0 Å². The van der Waals surface area contributed by atoms with Gasteiger partial charge < -0.3 is 16.3 Å². The Morgan fingerprint density at radius 1 is 1.50 bits per heavy atom. The first-order valence-electron chi connectivity index (χ1n) is 4.50. The molecule has 0 radical (unpaired) electrons. The number of nitrogens with zero attached hydrogens (tertiary/aromatic N) is 1. The molecule has 0 aliphatic heterocycles. The third-order valence-electron chi connectivity index (χ3n) is 1.86. The Kier molecular flexibility index (Phi) is 3.79. The van der Waals surface area contributed by atoms with E-state index in [0.29, 0.717) is 0 Å². The lowest BCUT2D eigenvalue weighted by Crippen LogP contribution is -2.22. The summed E-state index contributed by atoms with van der Waals surface area (Å²) < 4.78 is 5.37. The molecule has 0 aliphatic carbocycles. The van der Waals surface area contributed by atoms with Crippen molar-refractivity contribution in [2.45, 2.75) is 13.3 Å². The molecule has 14 heavy (non-hydrogen) atoms. The maximum Gasteiger partial charge on any atom is 0.157 e. The minimum absolute atomic E-state index is 0.226. The molecule has 0 amide bonds.